The topological polar surface area (TPSA) is 96.8 Å². The summed E-state index contributed by atoms with van der Waals surface area (Å²) < 4.78 is 40.3. The van der Waals surface area contributed by atoms with Gasteiger partial charge in [0.15, 0.2) is 0 Å². The fraction of sp³-hybridized carbons (Fsp3) is 0.348. The van der Waals surface area contributed by atoms with Crippen LogP contribution in [0.1, 0.15) is 12.0 Å². The van der Waals surface area contributed by atoms with Crippen LogP contribution in [0, 0.1) is 0 Å². The first-order chi connectivity index (χ1) is 16.0. The molecule has 0 radical (unpaired) electrons. The molecule has 6 nitrogen and oxygen atoms in total. The van der Waals surface area contributed by atoms with E-state index in [1.165, 1.54) is 24.3 Å². The zero-order valence-corrected chi connectivity index (χ0v) is 19.3. The van der Waals surface area contributed by atoms with Gasteiger partial charge in [0, 0.05) is 52.4 Å². The van der Waals surface area contributed by atoms with Gasteiger partial charge in [0.1, 0.15) is 5.75 Å². The van der Waals surface area contributed by atoms with Gasteiger partial charge in [-0.25, -0.2) is 0 Å². The van der Waals surface area contributed by atoms with Gasteiger partial charge in [0.25, 0.3) is 5.56 Å². The van der Waals surface area contributed by atoms with Crippen LogP contribution in [0.5, 0.6) is 5.75 Å². The number of likely N-dealkylation sites (tertiary alicyclic amines) is 1. The molecule has 1 fully saturated rings. The van der Waals surface area contributed by atoms with Crippen molar-refractivity contribution in [3.63, 3.8) is 0 Å². The van der Waals surface area contributed by atoms with Gasteiger partial charge >= 0.3 is 6.18 Å². The Bertz CT molecular complexity index is 1270. The highest BCUT2D eigenvalue weighted by molar-refractivity contribution is 7.99. The first-order valence-corrected chi connectivity index (χ1v) is 11.9. The molecular weight excluding hydrogens is 493 g/mol. The van der Waals surface area contributed by atoms with E-state index in [4.69, 9.17) is 11.6 Å². The van der Waals surface area contributed by atoms with Crippen LogP contribution >= 0.6 is 23.4 Å². The number of alkyl halides is 3. The summed E-state index contributed by atoms with van der Waals surface area (Å²) in [5.74, 6) is -0.170. The minimum absolute atomic E-state index is 0.0601. The largest absolute Gasteiger partial charge is 0.507 e. The number of benzene rings is 2. The summed E-state index contributed by atoms with van der Waals surface area (Å²) in [5, 5.41) is 31.0. The Balaban J connectivity index is 1.79. The lowest BCUT2D eigenvalue weighted by Gasteiger charge is -2.20. The summed E-state index contributed by atoms with van der Waals surface area (Å²) in [6, 6.07) is 7.09. The molecule has 1 aromatic heterocycles. The number of fused-ring (bicyclic) bond motifs is 1. The van der Waals surface area contributed by atoms with Gasteiger partial charge in [-0.3, -0.25) is 9.69 Å². The number of phenols is 1. The molecule has 1 aliphatic heterocycles. The number of aliphatic hydroxyl groups is 2. The third-order valence-electron chi connectivity index (χ3n) is 5.66. The number of aromatic amines is 1. The van der Waals surface area contributed by atoms with E-state index in [2.05, 4.69) is 4.98 Å². The average Bonchev–Trinajstić information content (AvgIpc) is 3.17. The number of hydrogen-bond donors (Lipinski definition) is 4. The second-order valence-corrected chi connectivity index (χ2v) is 9.71. The molecule has 3 aromatic rings. The predicted octanol–water partition coefficient (Wildman–Crippen LogP) is 4.09. The molecule has 2 atom stereocenters. The van der Waals surface area contributed by atoms with Gasteiger partial charge in [0.05, 0.1) is 22.7 Å². The van der Waals surface area contributed by atoms with Crippen molar-refractivity contribution in [2.45, 2.75) is 29.7 Å². The Hall–Kier alpha value is -2.24. The van der Waals surface area contributed by atoms with E-state index < -0.39 is 29.5 Å². The summed E-state index contributed by atoms with van der Waals surface area (Å²) in [4.78, 5) is 17.5. The summed E-state index contributed by atoms with van der Waals surface area (Å²) in [7, 11) is 0. The molecule has 2 unspecified atom stereocenters. The van der Waals surface area contributed by atoms with Crippen molar-refractivity contribution >= 4 is 34.3 Å². The number of rotatable bonds is 6. The molecule has 0 spiro atoms. The normalized spacial score (nSPS) is 18.0. The van der Waals surface area contributed by atoms with Crippen molar-refractivity contribution in [2.24, 2.45) is 0 Å². The highest BCUT2D eigenvalue weighted by Gasteiger charge is 2.31. The molecule has 1 saturated heterocycles. The number of thioether (sulfide) groups is 1. The first-order valence-electron chi connectivity index (χ1n) is 10.5. The predicted molar refractivity (Wildman–Crippen MR) is 125 cm³/mol. The van der Waals surface area contributed by atoms with Crippen molar-refractivity contribution in [3.05, 3.63) is 57.3 Å². The lowest BCUT2D eigenvalue weighted by molar-refractivity contribution is -0.137. The van der Waals surface area contributed by atoms with Crippen LogP contribution in [0.2, 0.25) is 5.02 Å². The zero-order chi connectivity index (χ0) is 24.6. The van der Waals surface area contributed by atoms with E-state index >= 15 is 0 Å². The fourth-order valence-corrected chi connectivity index (χ4v) is 5.26. The maximum atomic E-state index is 13.4. The third kappa shape index (κ3) is 5.36. The molecular formula is C23H22ClF3N2O4S. The first kappa shape index (κ1) is 24.9. The number of aromatic nitrogens is 1. The molecule has 4 N–H and O–H groups in total. The summed E-state index contributed by atoms with van der Waals surface area (Å²) in [6.07, 6.45) is -5.29. The number of phenolic OH excluding ortho intramolecular Hbond substituents is 1. The van der Waals surface area contributed by atoms with Gasteiger partial charge in [-0.15, -0.1) is 11.8 Å². The number of β-amino-alcohol motifs (C(OH)–C–C–N with tert-alkyl or cyclic N) is 2. The number of halogens is 4. The van der Waals surface area contributed by atoms with Crippen LogP contribution in [-0.4, -0.2) is 62.8 Å². The quantitative estimate of drug-likeness (QED) is 0.370. The number of hydrogen-bond acceptors (Lipinski definition) is 6. The maximum Gasteiger partial charge on any atom is 0.416 e. The van der Waals surface area contributed by atoms with Crippen molar-refractivity contribution in [1.82, 2.24) is 9.88 Å². The molecule has 0 saturated carbocycles. The van der Waals surface area contributed by atoms with E-state index in [1.807, 2.05) is 4.90 Å². The standard InChI is InChI=1S/C23H22ClF3N2O4S/c24-13-2-4-19(32)17(8-13)20-16-7-12(23(25,26)27)1-3-18(16)28-22(33)21(20)34-11-15(31)10-29-6-5-14(30)9-29/h1-4,7-8,14-15,30-32H,5-6,9-11H2,(H,28,33). The van der Waals surface area contributed by atoms with E-state index in [0.717, 1.165) is 23.9 Å². The summed E-state index contributed by atoms with van der Waals surface area (Å²) in [5.41, 5.74) is -1.07. The Morgan fingerprint density at radius 1 is 1.24 bits per heavy atom. The molecule has 2 heterocycles. The minimum atomic E-state index is -4.61. The van der Waals surface area contributed by atoms with Crippen molar-refractivity contribution in [1.29, 1.82) is 0 Å². The Morgan fingerprint density at radius 2 is 2.00 bits per heavy atom. The van der Waals surface area contributed by atoms with Crippen LogP contribution in [0.25, 0.3) is 22.0 Å². The Morgan fingerprint density at radius 3 is 2.68 bits per heavy atom. The van der Waals surface area contributed by atoms with E-state index in [0.29, 0.717) is 19.5 Å². The van der Waals surface area contributed by atoms with E-state index in [-0.39, 0.29) is 50.0 Å². The van der Waals surface area contributed by atoms with E-state index in [1.54, 1.807) is 0 Å². The molecule has 4 rings (SSSR count). The molecule has 1 aliphatic rings. The highest BCUT2D eigenvalue weighted by atomic mass is 35.5. The SMILES string of the molecule is O=c1[nH]c2ccc(C(F)(F)F)cc2c(-c2cc(Cl)ccc2O)c1SCC(O)CN1CCC(O)C1. The fourth-order valence-electron chi connectivity index (χ4n) is 4.07. The summed E-state index contributed by atoms with van der Waals surface area (Å²) in [6.45, 7) is 1.37. The number of aromatic hydroxyl groups is 1. The second-order valence-electron chi connectivity index (χ2n) is 8.24. The van der Waals surface area contributed by atoms with E-state index in [9.17, 15) is 33.3 Å². The molecule has 34 heavy (non-hydrogen) atoms. The monoisotopic (exact) mass is 514 g/mol. The molecule has 2 aromatic carbocycles. The highest BCUT2D eigenvalue weighted by Crippen LogP contribution is 2.42. The van der Waals surface area contributed by atoms with Crippen molar-refractivity contribution in [2.75, 3.05) is 25.4 Å². The average molecular weight is 515 g/mol. The lowest BCUT2D eigenvalue weighted by atomic mass is 9.98. The third-order valence-corrected chi connectivity index (χ3v) is 7.13. The van der Waals surface area contributed by atoms with Crippen molar-refractivity contribution < 1.29 is 28.5 Å². The number of aliphatic hydroxyl groups excluding tert-OH is 2. The van der Waals surface area contributed by atoms with Gasteiger partial charge in [0.2, 0.25) is 0 Å². The van der Waals surface area contributed by atoms with Gasteiger partial charge in [-0.2, -0.15) is 13.2 Å². The molecule has 0 amide bonds. The number of pyridine rings is 1. The smallest absolute Gasteiger partial charge is 0.416 e. The Labute approximate surface area is 202 Å². The number of nitrogens with zero attached hydrogens (tertiary/aromatic N) is 1. The molecule has 0 bridgehead atoms. The Kier molecular flexibility index (Phi) is 7.16. The number of H-pyrrole nitrogens is 1. The van der Waals surface area contributed by atoms with Crippen LogP contribution in [0.4, 0.5) is 13.2 Å². The maximum absolute atomic E-state index is 13.4. The van der Waals surface area contributed by atoms with Crippen LogP contribution in [-0.2, 0) is 6.18 Å². The zero-order valence-electron chi connectivity index (χ0n) is 17.8. The van der Waals surface area contributed by atoms with Gasteiger partial charge in [-0.1, -0.05) is 11.6 Å². The van der Waals surface area contributed by atoms with Gasteiger partial charge < -0.3 is 20.3 Å². The minimum Gasteiger partial charge on any atom is -0.507 e. The van der Waals surface area contributed by atoms with Crippen LogP contribution < -0.4 is 5.56 Å². The lowest BCUT2D eigenvalue weighted by Crippen LogP contribution is -2.32. The molecule has 11 heteroatoms. The molecule has 182 valence electrons. The van der Waals surface area contributed by atoms with Gasteiger partial charge in [-0.05, 0) is 42.8 Å². The second kappa shape index (κ2) is 9.79. The molecule has 0 aliphatic carbocycles. The number of nitrogens with one attached hydrogen (secondary N) is 1. The van der Waals surface area contributed by atoms with Crippen LogP contribution in [0.3, 0.4) is 0 Å². The van der Waals surface area contributed by atoms with Crippen molar-refractivity contribution in [3.8, 4) is 16.9 Å². The summed E-state index contributed by atoms with van der Waals surface area (Å²) >= 11 is 7.08. The van der Waals surface area contributed by atoms with Crippen LogP contribution in [0.15, 0.2) is 46.1 Å².